The van der Waals surface area contributed by atoms with Crippen molar-refractivity contribution in [3.63, 3.8) is 0 Å². The van der Waals surface area contributed by atoms with Crippen LogP contribution in [0, 0.1) is 11.7 Å². The van der Waals surface area contributed by atoms with Gasteiger partial charge in [-0.3, -0.25) is 4.68 Å². The first-order chi connectivity index (χ1) is 17.2. The molecule has 0 spiro atoms. The molecule has 1 saturated heterocycles. The lowest BCUT2D eigenvalue weighted by atomic mass is 9.80. The van der Waals surface area contributed by atoms with Crippen LogP contribution in [0.2, 0.25) is 0 Å². The average molecular weight is 527 g/mol. The number of sulfonamides is 1. The Kier molecular flexibility index (Phi) is 5.62. The van der Waals surface area contributed by atoms with Crippen molar-refractivity contribution in [2.45, 2.75) is 37.0 Å². The standard InChI is InChI=1S/C25H27FN6O2S2/c1-25(17-3-5-18(26)6-4-17)22(20-9-11-31(2)30-20)21-13-16(14-28-36(33,34)19-7-8-19)15-32(21)23(29-25)24-27-10-12-35-24/h3-6,9-12,16,19,28H,7-8,13-15H2,1-2H3/t16?,25-/m0/s1. The molecule has 0 radical (unpaired) electrons. The Morgan fingerprint density at radius 1 is 1.22 bits per heavy atom. The number of aryl methyl sites for hydroxylation is 1. The maximum atomic E-state index is 13.9. The van der Waals surface area contributed by atoms with E-state index in [-0.39, 0.29) is 17.0 Å². The summed E-state index contributed by atoms with van der Waals surface area (Å²) in [6.45, 7) is 3.02. The summed E-state index contributed by atoms with van der Waals surface area (Å²) in [5.41, 5.74) is 2.81. The topological polar surface area (TPSA) is 92.5 Å². The molecule has 36 heavy (non-hydrogen) atoms. The van der Waals surface area contributed by atoms with Crippen LogP contribution in [0.4, 0.5) is 4.39 Å². The highest BCUT2D eigenvalue weighted by Gasteiger charge is 2.46. The Morgan fingerprint density at radius 2 is 2.00 bits per heavy atom. The summed E-state index contributed by atoms with van der Waals surface area (Å²) < 4.78 is 43.5. The molecule has 188 valence electrons. The molecule has 3 aromatic rings. The maximum Gasteiger partial charge on any atom is 0.214 e. The van der Waals surface area contributed by atoms with E-state index in [1.54, 1.807) is 23.0 Å². The van der Waals surface area contributed by atoms with Gasteiger partial charge in [-0.25, -0.2) is 27.5 Å². The second-order valence-electron chi connectivity index (χ2n) is 9.82. The van der Waals surface area contributed by atoms with Gasteiger partial charge >= 0.3 is 0 Å². The number of nitrogens with one attached hydrogen (secondary N) is 1. The van der Waals surface area contributed by atoms with Crippen molar-refractivity contribution in [3.05, 3.63) is 75.9 Å². The van der Waals surface area contributed by atoms with Crippen LogP contribution in [0.5, 0.6) is 0 Å². The zero-order valence-electron chi connectivity index (χ0n) is 20.1. The first-order valence-corrected chi connectivity index (χ1v) is 14.4. The number of nitrogens with zero attached hydrogens (tertiary/aromatic N) is 5. The second kappa shape index (κ2) is 8.60. The SMILES string of the molecule is Cn1ccc(C2=C3CC(CNS(=O)(=O)C4CC4)CN3C(c3nccs3)=N[C@@]2(C)c2ccc(F)cc2)n1. The largest absolute Gasteiger partial charge is 0.327 e. The van der Waals surface area contributed by atoms with Crippen LogP contribution in [0.3, 0.4) is 0 Å². The summed E-state index contributed by atoms with van der Waals surface area (Å²) in [5, 5.41) is 7.19. The van der Waals surface area contributed by atoms with E-state index in [0.717, 1.165) is 46.2 Å². The smallest absolute Gasteiger partial charge is 0.214 e. The fraction of sp³-hybridized carbons (Fsp3) is 0.400. The molecular weight excluding hydrogens is 499 g/mol. The normalized spacial score (nSPS) is 24.2. The fourth-order valence-electron chi connectivity index (χ4n) is 5.17. The van der Waals surface area contributed by atoms with E-state index in [1.165, 1.54) is 23.5 Å². The summed E-state index contributed by atoms with van der Waals surface area (Å²) >= 11 is 1.51. The number of aliphatic imine (C=N–C) groups is 1. The van der Waals surface area contributed by atoms with Crippen molar-refractivity contribution >= 4 is 32.8 Å². The summed E-state index contributed by atoms with van der Waals surface area (Å²) in [6, 6.07) is 8.42. The fourth-order valence-corrected chi connectivity index (χ4v) is 7.26. The number of aromatic nitrogens is 3. The Morgan fingerprint density at radius 3 is 2.64 bits per heavy atom. The van der Waals surface area contributed by atoms with Gasteiger partial charge in [0.05, 0.1) is 10.9 Å². The van der Waals surface area contributed by atoms with Crippen molar-refractivity contribution in [2.75, 3.05) is 13.1 Å². The minimum atomic E-state index is -3.27. The number of hydrogen-bond donors (Lipinski definition) is 1. The summed E-state index contributed by atoms with van der Waals surface area (Å²) in [4.78, 5) is 12.0. The first kappa shape index (κ1) is 23.5. The molecule has 2 aromatic heterocycles. The Balaban J connectivity index is 1.47. The van der Waals surface area contributed by atoms with E-state index >= 15 is 0 Å². The molecule has 1 aliphatic carbocycles. The molecule has 2 atom stereocenters. The van der Waals surface area contributed by atoms with E-state index in [1.807, 2.05) is 31.6 Å². The summed E-state index contributed by atoms with van der Waals surface area (Å²) in [5.74, 6) is 0.506. The predicted octanol–water partition coefficient (Wildman–Crippen LogP) is 3.51. The van der Waals surface area contributed by atoms with Gasteiger partial charge < -0.3 is 4.90 Å². The zero-order chi connectivity index (χ0) is 25.1. The Bertz CT molecular complexity index is 1460. The van der Waals surface area contributed by atoms with Gasteiger partial charge in [0.25, 0.3) is 0 Å². The van der Waals surface area contributed by atoms with E-state index in [2.05, 4.69) is 14.6 Å². The molecule has 2 fully saturated rings. The van der Waals surface area contributed by atoms with Gasteiger partial charge in [-0.1, -0.05) is 12.1 Å². The minimum Gasteiger partial charge on any atom is -0.327 e. The molecule has 8 nitrogen and oxygen atoms in total. The third-order valence-corrected chi connectivity index (χ3v) is 9.83. The second-order valence-corrected chi connectivity index (χ2v) is 12.8. The molecule has 1 aromatic carbocycles. The molecule has 1 saturated carbocycles. The monoisotopic (exact) mass is 526 g/mol. The average Bonchev–Trinajstić information content (AvgIpc) is 3.22. The molecule has 11 heteroatoms. The number of rotatable bonds is 7. The van der Waals surface area contributed by atoms with Gasteiger partial charge in [0.2, 0.25) is 10.0 Å². The predicted molar refractivity (Wildman–Crippen MR) is 137 cm³/mol. The van der Waals surface area contributed by atoms with Crippen LogP contribution in [0.1, 0.15) is 42.5 Å². The van der Waals surface area contributed by atoms with Crippen molar-refractivity contribution in [3.8, 4) is 0 Å². The lowest BCUT2D eigenvalue weighted by molar-refractivity contribution is 0.474. The van der Waals surface area contributed by atoms with E-state index in [4.69, 9.17) is 10.1 Å². The number of thiazole rings is 1. The van der Waals surface area contributed by atoms with Crippen LogP contribution in [-0.4, -0.2) is 52.3 Å². The van der Waals surface area contributed by atoms with Gasteiger partial charge in [0, 0.05) is 49.2 Å². The molecule has 1 unspecified atom stereocenters. The van der Waals surface area contributed by atoms with E-state index in [9.17, 15) is 12.8 Å². The number of benzene rings is 1. The number of halogens is 1. The van der Waals surface area contributed by atoms with Crippen LogP contribution >= 0.6 is 11.3 Å². The molecular formula is C25H27FN6O2S2. The molecule has 6 rings (SSSR count). The molecule has 1 N–H and O–H groups in total. The zero-order valence-corrected chi connectivity index (χ0v) is 21.7. The minimum absolute atomic E-state index is 0.0629. The Hall–Kier alpha value is -2.89. The van der Waals surface area contributed by atoms with Gasteiger partial charge in [-0.2, -0.15) is 5.10 Å². The Labute approximate surface area is 213 Å². The van der Waals surface area contributed by atoms with Crippen LogP contribution in [0.25, 0.3) is 5.57 Å². The number of hydrogen-bond acceptors (Lipinski definition) is 7. The first-order valence-electron chi connectivity index (χ1n) is 12.0. The van der Waals surface area contributed by atoms with Crippen LogP contribution in [-0.2, 0) is 22.6 Å². The highest BCUT2D eigenvalue weighted by molar-refractivity contribution is 7.90. The highest BCUT2D eigenvalue weighted by atomic mass is 32.2. The van der Waals surface area contributed by atoms with Gasteiger partial charge in [0.1, 0.15) is 11.4 Å². The molecule has 4 heterocycles. The lowest BCUT2D eigenvalue weighted by Gasteiger charge is -2.38. The molecule has 0 amide bonds. The maximum absolute atomic E-state index is 13.9. The molecule has 0 bridgehead atoms. The van der Waals surface area contributed by atoms with Crippen molar-refractivity contribution in [1.82, 2.24) is 24.4 Å². The van der Waals surface area contributed by atoms with E-state index < -0.39 is 15.6 Å². The summed E-state index contributed by atoms with van der Waals surface area (Å²) in [7, 11) is -1.40. The molecule has 2 aliphatic heterocycles. The van der Waals surface area contributed by atoms with Gasteiger partial charge in [-0.05, 0) is 55.9 Å². The van der Waals surface area contributed by atoms with E-state index in [0.29, 0.717) is 19.5 Å². The van der Waals surface area contributed by atoms with Gasteiger partial charge in [-0.15, -0.1) is 11.3 Å². The van der Waals surface area contributed by atoms with Gasteiger partial charge in [0.15, 0.2) is 10.8 Å². The van der Waals surface area contributed by atoms with Crippen molar-refractivity contribution in [2.24, 2.45) is 18.0 Å². The quantitative estimate of drug-likeness (QED) is 0.509. The number of amidine groups is 1. The number of fused-ring (bicyclic) bond motifs is 1. The highest BCUT2D eigenvalue weighted by Crippen LogP contribution is 2.49. The molecule has 3 aliphatic rings. The van der Waals surface area contributed by atoms with Crippen LogP contribution in [0.15, 0.2) is 58.8 Å². The van der Waals surface area contributed by atoms with Crippen molar-refractivity contribution < 1.29 is 12.8 Å². The van der Waals surface area contributed by atoms with Crippen molar-refractivity contribution in [1.29, 1.82) is 0 Å². The lowest BCUT2D eigenvalue weighted by Crippen LogP contribution is -2.39. The summed E-state index contributed by atoms with van der Waals surface area (Å²) in [6.07, 6.45) is 5.79. The van der Waals surface area contributed by atoms with Crippen LogP contribution < -0.4 is 4.72 Å². The third kappa shape index (κ3) is 4.08. The third-order valence-electron chi connectivity index (χ3n) is 7.15. The number of allylic oxidation sites excluding steroid dienone is 1.